The van der Waals surface area contributed by atoms with Gasteiger partial charge >= 0.3 is 0 Å². The highest BCUT2D eigenvalue weighted by Gasteiger charge is 2.27. The number of carbonyl (C=O) groups excluding carboxylic acids is 1. The Balaban J connectivity index is 1.88. The minimum Gasteiger partial charge on any atom is -0.383 e. The van der Waals surface area contributed by atoms with Crippen LogP contribution in [0.5, 0.6) is 0 Å². The first-order chi connectivity index (χ1) is 9.72. The molecule has 0 atom stereocenters. The van der Waals surface area contributed by atoms with Crippen molar-refractivity contribution in [1.82, 2.24) is 15.3 Å². The summed E-state index contributed by atoms with van der Waals surface area (Å²) in [5, 5.41) is 8.78. The molecule has 0 saturated heterocycles. The van der Waals surface area contributed by atoms with Gasteiger partial charge in [0.2, 0.25) is 5.91 Å². The molecule has 0 bridgehead atoms. The Morgan fingerprint density at radius 1 is 1.40 bits per heavy atom. The number of nitrogens with one attached hydrogen (secondary N) is 3. The molecule has 7 heteroatoms. The second-order valence-electron chi connectivity index (χ2n) is 4.72. The molecule has 1 aliphatic carbocycles. The SMILES string of the molecule is CNc1cc(NCC(=O)NCCOC)nc(C2CC2)n1. The summed E-state index contributed by atoms with van der Waals surface area (Å²) >= 11 is 0. The maximum Gasteiger partial charge on any atom is 0.239 e. The van der Waals surface area contributed by atoms with Crippen LogP contribution in [0.2, 0.25) is 0 Å². The molecule has 0 aliphatic heterocycles. The molecule has 1 heterocycles. The van der Waals surface area contributed by atoms with Gasteiger partial charge in [0, 0.05) is 32.7 Å². The van der Waals surface area contributed by atoms with E-state index in [1.54, 1.807) is 13.2 Å². The number of hydrogen-bond acceptors (Lipinski definition) is 6. The van der Waals surface area contributed by atoms with Gasteiger partial charge in [0.15, 0.2) is 0 Å². The number of amides is 1. The number of hydrogen-bond donors (Lipinski definition) is 3. The van der Waals surface area contributed by atoms with E-state index in [9.17, 15) is 4.79 Å². The lowest BCUT2D eigenvalue weighted by Gasteiger charge is -2.09. The molecule has 1 aromatic rings. The third kappa shape index (κ3) is 4.34. The normalized spacial score (nSPS) is 13.9. The molecule has 7 nitrogen and oxygen atoms in total. The van der Waals surface area contributed by atoms with Crippen molar-refractivity contribution >= 4 is 17.5 Å². The third-order valence-corrected chi connectivity index (χ3v) is 3.00. The van der Waals surface area contributed by atoms with Crippen LogP contribution in [-0.2, 0) is 9.53 Å². The highest BCUT2D eigenvalue weighted by Crippen LogP contribution is 2.38. The van der Waals surface area contributed by atoms with Gasteiger partial charge in [-0.2, -0.15) is 0 Å². The van der Waals surface area contributed by atoms with Crippen molar-refractivity contribution in [2.24, 2.45) is 0 Å². The number of methoxy groups -OCH3 is 1. The van der Waals surface area contributed by atoms with Gasteiger partial charge in [-0.25, -0.2) is 9.97 Å². The Labute approximate surface area is 118 Å². The van der Waals surface area contributed by atoms with Crippen LogP contribution < -0.4 is 16.0 Å². The quantitative estimate of drug-likeness (QED) is 0.603. The summed E-state index contributed by atoms with van der Waals surface area (Å²) in [5.74, 6) is 2.68. The molecule has 110 valence electrons. The van der Waals surface area contributed by atoms with Gasteiger partial charge in [0.25, 0.3) is 0 Å². The van der Waals surface area contributed by atoms with E-state index < -0.39 is 0 Å². The van der Waals surface area contributed by atoms with E-state index in [-0.39, 0.29) is 12.5 Å². The second-order valence-corrected chi connectivity index (χ2v) is 4.72. The molecule has 0 radical (unpaired) electrons. The van der Waals surface area contributed by atoms with Crippen LogP contribution in [0.1, 0.15) is 24.6 Å². The van der Waals surface area contributed by atoms with Crippen LogP contribution >= 0.6 is 0 Å². The van der Waals surface area contributed by atoms with Gasteiger partial charge in [0.05, 0.1) is 13.2 Å². The Bertz CT molecular complexity index is 462. The molecule has 3 N–H and O–H groups in total. The van der Waals surface area contributed by atoms with Gasteiger partial charge in [-0.05, 0) is 12.8 Å². The van der Waals surface area contributed by atoms with Crippen molar-refractivity contribution in [2.45, 2.75) is 18.8 Å². The number of aromatic nitrogens is 2. The molecule has 1 fully saturated rings. The number of rotatable bonds is 8. The van der Waals surface area contributed by atoms with Crippen LogP contribution in [0, 0.1) is 0 Å². The zero-order valence-corrected chi connectivity index (χ0v) is 11.9. The first-order valence-corrected chi connectivity index (χ1v) is 6.79. The van der Waals surface area contributed by atoms with E-state index in [4.69, 9.17) is 4.74 Å². The lowest BCUT2D eigenvalue weighted by Crippen LogP contribution is -2.32. The number of ether oxygens (including phenoxy) is 1. The fourth-order valence-corrected chi connectivity index (χ4v) is 1.73. The molecule has 1 aliphatic rings. The smallest absolute Gasteiger partial charge is 0.239 e. The van der Waals surface area contributed by atoms with Crippen LogP contribution in [0.4, 0.5) is 11.6 Å². The molecule has 0 spiro atoms. The lowest BCUT2D eigenvalue weighted by molar-refractivity contribution is -0.119. The van der Waals surface area contributed by atoms with E-state index in [2.05, 4.69) is 25.9 Å². The van der Waals surface area contributed by atoms with Crippen LogP contribution in [0.15, 0.2) is 6.07 Å². The lowest BCUT2D eigenvalue weighted by atomic mass is 10.3. The van der Waals surface area contributed by atoms with E-state index in [1.165, 1.54) is 0 Å². The van der Waals surface area contributed by atoms with E-state index in [0.717, 1.165) is 24.5 Å². The first kappa shape index (κ1) is 14.5. The van der Waals surface area contributed by atoms with Crippen molar-refractivity contribution in [1.29, 1.82) is 0 Å². The monoisotopic (exact) mass is 279 g/mol. The molecule has 0 unspecified atom stereocenters. The van der Waals surface area contributed by atoms with Crippen molar-refractivity contribution < 1.29 is 9.53 Å². The van der Waals surface area contributed by atoms with Gasteiger partial charge in [0.1, 0.15) is 17.5 Å². The standard InChI is InChI=1S/C13H21N5O2/c1-14-10-7-11(18-13(17-10)9-3-4-9)16-8-12(19)15-5-6-20-2/h7,9H,3-6,8H2,1-2H3,(H,15,19)(H2,14,16,17,18). The number of carbonyl (C=O) groups is 1. The van der Waals surface area contributed by atoms with E-state index in [0.29, 0.717) is 24.9 Å². The summed E-state index contributed by atoms with van der Waals surface area (Å²) in [7, 11) is 3.42. The number of anilines is 2. The first-order valence-electron chi connectivity index (χ1n) is 6.79. The molecule has 0 aromatic carbocycles. The summed E-state index contributed by atoms with van der Waals surface area (Å²) in [4.78, 5) is 20.5. The van der Waals surface area contributed by atoms with Crippen LogP contribution in [0.3, 0.4) is 0 Å². The molecular formula is C13H21N5O2. The van der Waals surface area contributed by atoms with Gasteiger partial charge < -0.3 is 20.7 Å². The van der Waals surface area contributed by atoms with Crippen molar-refractivity contribution in [2.75, 3.05) is 44.5 Å². The molecule has 1 saturated carbocycles. The highest BCUT2D eigenvalue weighted by atomic mass is 16.5. The Morgan fingerprint density at radius 2 is 2.15 bits per heavy atom. The highest BCUT2D eigenvalue weighted by molar-refractivity contribution is 5.80. The molecule has 1 amide bonds. The maximum atomic E-state index is 11.6. The zero-order chi connectivity index (χ0) is 14.4. The topological polar surface area (TPSA) is 88.2 Å². The van der Waals surface area contributed by atoms with Crippen molar-refractivity contribution in [3.8, 4) is 0 Å². The van der Waals surface area contributed by atoms with Crippen molar-refractivity contribution in [3.63, 3.8) is 0 Å². The average Bonchev–Trinajstić information content (AvgIpc) is 3.29. The fraction of sp³-hybridized carbons (Fsp3) is 0.615. The third-order valence-electron chi connectivity index (χ3n) is 3.00. The second kappa shape index (κ2) is 7.04. The van der Waals surface area contributed by atoms with E-state index in [1.807, 2.05) is 7.05 Å². The van der Waals surface area contributed by atoms with Gasteiger partial charge in [-0.1, -0.05) is 0 Å². The average molecular weight is 279 g/mol. The van der Waals surface area contributed by atoms with E-state index >= 15 is 0 Å². The minimum absolute atomic E-state index is 0.0837. The zero-order valence-electron chi connectivity index (χ0n) is 11.9. The molecule has 20 heavy (non-hydrogen) atoms. The molecule has 2 rings (SSSR count). The largest absolute Gasteiger partial charge is 0.383 e. The summed E-state index contributed by atoms with van der Waals surface area (Å²) < 4.78 is 4.87. The van der Waals surface area contributed by atoms with Gasteiger partial charge in [-0.15, -0.1) is 0 Å². The molecule has 1 aromatic heterocycles. The van der Waals surface area contributed by atoms with Gasteiger partial charge in [-0.3, -0.25) is 4.79 Å². The fourth-order valence-electron chi connectivity index (χ4n) is 1.73. The molecular weight excluding hydrogens is 258 g/mol. The summed E-state index contributed by atoms with van der Waals surface area (Å²) in [5.41, 5.74) is 0. The summed E-state index contributed by atoms with van der Waals surface area (Å²) in [6, 6.07) is 1.80. The Morgan fingerprint density at radius 3 is 2.80 bits per heavy atom. The summed E-state index contributed by atoms with van der Waals surface area (Å²) in [6.45, 7) is 1.21. The van der Waals surface area contributed by atoms with Crippen LogP contribution in [0.25, 0.3) is 0 Å². The number of nitrogens with zero attached hydrogens (tertiary/aromatic N) is 2. The predicted octanol–water partition coefficient (Wildman–Crippen LogP) is 0.570. The van der Waals surface area contributed by atoms with Crippen LogP contribution in [-0.4, -0.2) is 49.7 Å². The Kier molecular flexibility index (Phi) is 5.11. The predicted molar refractivity (Wildman–Crippen MR) is 76.9 cm³/mol. The Hall–Kier alpha value is -1.89. The minimum atomic E-state index is -0.0837. The maximum absolute atomic E-state index is 11.6. The summed E-state index contributed by atoms with van der Waals surface area (Å²) in [6.07, 6.45) is 2.29. The van der Waals surface area contributed by atoms with Crippen molar-refractivity contribution in [3.05, 3.63) is 11.9 Å².